The molecule has 0 aliphatic carbocycles. The first-order chi connectivity index (χ1) is 9.42. The van der Waals surface area contributed by atoms with Crippen LogP contribution in [0.5, 0.6) is 5.75 Å². The van der Waals surface area contributed by atoms with Crippen molar-refractivity contribution in [2.45, 2.75) is 0 Å². The highest BCUT2D eigenvalue weighted by Gasteiger charge is 2.18. The van der Waals surface area contributed by atoms with Crippen molar-refractivity contribution in [2.75, 3.05) is 7.11 Å². The van der Waals surface area contributed by atoms with Crippen LogP contribution in [0.15, 0.2) is 24.3 Å². The van der Waals surface area contributed by atoms with E-state index in [-0.39, 0.29) is 16.7 Å². The van der Waals surface area contributed by atoms with Gasteiger partial charge in [-0.25, -0.2) is 22.0 Å². The number of hydrogen-bond donors (Lipinski definition) is 0. The van der Waals surface area contributed by atoms with E-state index in [1.54, 1.807) is 0 Å². The zero-order chi connectivity index (χ0) is 14.9. The van der Waals surface area contributed by atoms with Crippen LogP contribution < -0.4 is 15.7 Å². The Labute approximate surface area is 112 Å². The molecule has 0 aliphatic heterocycles. The van der Waals surface area contributed by atoms with Crippen molar-refractivity contribution >= 4 is 18.2 Å². The smallest absolute Gasteiger partial charge is 0.205 e. The minimum atomic E-state index is -1.37. The fourth-order valence-electron chi connectivity index (χ4n) is 1.86. The minimum absolute atomic E-state index is 0.161. The molecule has 0 atom stereocenters. The average Bonchev–Trinajstić information content (AvgIpc) is 2.37. The van der Waals surface area contributed by atoms with Crippen molar-refractivity contribution in [2.24, 2.45) is 0 Å². The zero-order valence-electron chi connectivity index (χ0n) is 10.3. The molecule has 0 radical (unpaired) electrons. The van der Waals surface area contributed by atoms with E-state index in [0.29, 0.717) is 12.1 Å². The molecule has 0 unspecified atom stereocenters. The van der Waals surface area contributed by atoms with Crippen molar-refractivity contribution in [3.05, 3.63) is 53.4 Å². The van der Waals surface area contributed by atoms with Gasteiger partial charge in [0.05, 0.1) is 7.11 Å². The molecular formula is C13H8BF5O. The van der Waals surface area contributed by atoms with Crippen molar-refractivity contribution in [1.29, 1.82) is 0 Å². The monoisotopic (exact) mass is 286 g/mol. The molecular weight excluding hydrogens is 278 g/mol. The van der Waals surface area contributed by atoms with Crippen LogP contribution in [0, 0.1) is 29.1 Å². The average molecular weight is 286 g/mol. The van der Waals surface area contributed by atoms with Crippen LogP contribution in [0.3, 0.4) is 0 Å². The molecule has 0 aliphatic rings. The van der Waals surface area contributed by atoms with E-state index in [1.807, 2.05) is 0 Å². The molecule has 2 aromatic carbocycles. The van der Waals surface area contributed by atoms with Crippen molar-refractivity contribution in [3.8, 4) is 5.75 Å². The Kier molecular flexibility index (Phi) is 3.97. The number of methoxy groups -OCH3 is 1. The Hall–Kier alpha value is -2.05. The SMILES string of the molecule is COc1cc(F)cc(F)c1Bc1cc(F)cc(F)c1F. The number of ether oxygens (including phenoxy) is 1. The van der Waals surface area contributed by atoms with Crippen LogP contribution in [-0.4, -0.2) is 14.4 Å². The highest BCUT2D eigenvalue weighted by molar-refractivity contribution is 6.68. The first-order valence-corrected chi connectivity index (χ1v) is 5.57. The summed E-state index contributed by atoms with van der Waals surface area (Å²) in [6.45, 7) is 0. The lowest BCUT2D eigenvalue weighted by atomic mass is 9.63. The largest absolute Gasteiger partial charge is 0.497 e. The summed E-state index contributed by atoms with van der Waals surface area (Å²) in [4.78, 5) is 0. The van der Waals surface area contributed by atoms with Crippen LogP contribution in [0.4, 0.5) is 22.0 Å². The standard InChI is InChI=1S/C13H8BF5O/c1-20-11-5-7(16)3-9(17)12(11)14-8-2-6(15)4-10(18)13(8)19/h2-5,14H,1H3. The maximum atomic E-state index is 13.7. The summed E-state index contributed by atoms with van der Waals surface area (Å²) >= 11 is 0. The molecule has 0 saturated carbocycles. The maximum absolute atomic E-state index is 13.7. The van der Waals surface area contributed by atoms with Gasteiger partial charge in [0.25, 0.3) is 0 Å². The second kappa shape index (κ2) is 5.52. The summed E-state index contributed by atoms with van der Waals surface area (Å²) in [7, 11) is 0.718. The lowest BCUT2D eigenvalue weighted by Gasteiger charge is -2.10. The third-order valence-electron chi connectivity index (χ3n) is 2.77. The predicted octanol–water partition coefficient (Wildman–Crippen LogP) is 1.78. The highest BCUT2D eigenvalue weighted by Crippen LogP contribution is 2.13. The van der Waals surface area contributed by atoms with E-state index in [2.05, 4.69) is 0 Å². The van der Waals surface area contributed by atoms with E-state index in [9.17, 15) is 22.0 Å². The van der Waals surface area contributed by atoms with E-state index < -0.39 is 36.4 Å². The fraction of sp³-hybridized carbons (Fsp3) is 0.0769. The van der Waals surface area contributed by atoms with Crippen molar-refractivity contribution in [1.82, 2.24) is 0 Å². The van der Waals surface area contributed by atoms with Crippen LogP contribution in [-0.2, 0) is 0 Å². The van der Waals surface area contributed by atoms with E-state index in [1.165, 1.54) is 7.11 Å². The summed E-state index contributed by atoms with van der Waals surface area (Å²) in [5.74, 6) is -5.65. The number of benzene rings is 2. The lowest BCUT2D eigenvalue weighted by molar-refractivity contribution is 0.411. The van der Waals surface area contributed by atoms with Gasteiger partial charge in [0, 0.05) is 18.2 Å². The first-order valence-electron chi connectivity index (χ1n) is 5.57. The number of hydrogen-bond acceptors (Lipinski definition) is 1. The highest BCUT2D eigenvalue weighted by atomic mass is 19.2. The number of rotatable bonds is 3. The molecule has 2 rings (SSSR count). The fourth-order valence-corrected chi connectivity index (χ4v) is 1.86. The Balaban J connectivity index is 2.50. The van der Waals surface area contributed by atoms with Gasteiger partial charge in [-0.2, -0.15) is 0 Å². The molecule has 0 bridgehead atoms. The van der Waals surface area contributed by atoms with Gasteiger partial charge in [-0.15, -0.1) is 0 Å². The predicted molar refractivity (Wildman–Crippen MR) is 65.6 cm³/mol. The van der Waals surface area contributed by atoms with E-state index >= 15 is 0 Å². The van der Waals surface area contributed by atoms with Gasteiger partial charge in [0.1, 0.15) is 23.2 Å². The maximum Gasteiger partial charge on any atom is 0.205 e. The molecule has 20 heavy (non-hydrogen) atoms. The number of halogens is 5. The molecule has 2 aromatic rings. The molecule has 1 nitrogen and oxygen atoms in total. The van der Waals surface area contributed by atoms with Crippen LogP contribution in [0.1, 0.15) is 0 Å². The molecule has 0 heterocycles. The van der Waals surface area contributed by atoms with Gasteiger partial charge in [-0.1, -0.05) is 0 Å². The molecule has 0 amide bonds. The Morgan fingerprint density at radius 2 is 1.45 bits per heavy atom. The Morgan fingerprint density at radius 1 is 0.850 bits per heavy atom. The lowest BCUT2D eigenvalue weighted by Crippen LogP contribution is -2.34. The van der Waals surface area contributed by atoms with Crippen LogP contribution in [0.2, 0.25) is 0 Å². The van der Waals surface area contributed by atoms with Gasteiger partial charge in [-0.05, 0) is 17.0 Å². The second-order valence-electron chi connectivity index (χ2n) is 4.11. The summed E-state index contributed by atoms with van der Waals surface area (Å²) in [5, 5.41) is 0. The third kappa shape index (κ3) is 2.76. The molecule has 0 fully saturated rings. The summed E-state index contributed by atoms with van der Waals surface area (Å²) in [6.07, 6.45) is 0. The van der Waals surface area contributed by atoms with Crippen molar-refractivity contribution in [3.63, 3.8) is 0 Å². The molecule has 0 N–H and O–H groups in total. The van der Waals surface area contributed by atoms with E-state index in [0.717, 1.165) is 12.1 Å². The summed E-state index contributed by atoms with van der Waals surface area (Å²) in [6, 6.07) is 2.63. The van der Waals surface area contributed by atoms with Gasteiger partial charge in [0.15, 0.2) is 11.6 Å². The third-order valence-corrected chi connectivity index (χ3v) is 2.77. The second-order valence-corrected chi connectivity index (χ2v) is 4.11. The summed E-state index contributed by atoms with van der Waals surface area (Å²) < 4.78 is 71.2. The molecule has 0 spiro atoms. The topological polar surface area (TPSA) is 9.23 Å². The minimum Gasteiger partial charge on any atom is -0.497 e. The quantitative estimate of drug-likeness (QED) is 0.475. The van der Waals surface area contributed by atoms with Gasteiger partial charge >= 0.3 is 0 Å². The van der Waals surface area contributed by atoms with Crippen molar-refractivity contribution < 1.29 is 26.7 Å². The Morgan fingerprint density at radius 3 is 2.10 bits per heavy atom. The van der Waals surface area contributed by atoms with E-state index in [4.69, 9.17) is 4.74 Å². The van der Waals surface area contributed by atoms with Gasteiger partial charge < -0.3 is 4.74 Å². The molecule has 104 valence electrons. The van der Waals surface area contributed by atoms with Crippen LogP contribution in [0.25, 0.3) is 0 Å². The first kappa shape index (κ1) is 14.4. The zero-order valence-corrected chi connectivity index (χ0v) is 10.3. The van der Waals surface area contributed by atoms with Gasteiger partial charge in [-0.3, -0.25) is 0 Å². The molecule has 7 heteroatoms. The Bertz CT molecular complexity index is 660. The summed E-state index contributed by atoms with van der Waals surface area (Å²) in [5.41, 5.74) is -0.566. The van der Waals surface area contributed by atoms with Crippen LogP contribution >= 0.6 is 0 Å². The van der Waals surface area contributed by atoms with Gasteiger partial charge in [0.2, 0.25) is 7.28 Å². The molecule has 0 saturated heterocycles. The normalized spacial score (nSPS) is 10.5. The molecule has 0 aromatic heterocycles.